The lowest BCUT2D eigenvalue weighted by molar-refractivity contribution is 0.510. The molecule has 1 heterocycles. The van der Waals surface area contributed by atoms with Crippen LogP contribution in [0.3, 0.4) is 0 Å². The topological polar surface area (TPSA) is 12.0 Å². The van der Waals surface area contributed by atoms with Gasteiger partial charge in [-0.2, -0.15) is 0 Å². The van der Waals surface area contributed by atoms with Crippen LogP contribution in [0.15, 0.2) is 24.3 Å². The number of benzene rings is 1. The van der Waals surface area contributed by atoms with Gasteiger partial charge < -0.3 is 5.32 Å². The van der Waals surface area contributed by atoms with E-state index in [0.29, 0.717) is 5.92 Å². The Morgan fingerprint density at radius 1 is 1.05 bits per heavy atom. The van der Waals surface area contributed by atoms with E-state index in [-0.39, 0.29) is 0 Å². The van der Waals surface area contributed by atoms with Crippen LogP contribution in [0.2, 0.25) is 0 Å². The van der Waals surface area contributed by atoms with Crippen molar-refractivity contribution < 1.29 is 0 Å². The molecule has 0 aromatic heterocycles. The second kappa shape index (κ2) is 10.0. The Labute approximate surface area is 137 Å². The average molecular weight is 302 g/mol. The fourth-order valence-electron chi connectivity index (χ4n) is 3.64. The molecule has 0 aliphatic carbocycles. The SMILES string of the molecule is CCCCCCCCc1ccc(C(C)C[C@@H]2CCCN2)cc1. The highest BCUT2D eigenvalue weighted by atomic mass is 14.9. The number of hydrogen-bond acceptors (Lipinski definition) is 1. The van der Waals surface area contributed by atoms with Crippen molar-refractivity contribution in [2.45, 2.75) is 90.0 Å². The molecule has 1 saturated heterocycles. The maximum absolute atomic E-state index is 3.62. The standard InChI is InChI=1S/C21H35N/c1-3-4-5-6-7-8-10-19-12-14-20(15-13-19)18(2)17-21-11-9-16-22-21/h12-15,18,21-22H,3-11,16-17H2,1-2H3/t18?,21-/m0/s1. The highest BCUT2D eigenvalue weighted by Gasteiger charge is 2.17. The molecule has 1 aromatic carbocycles. The van der Waals surface area contributed by atoms with E-state index in [0.717, 1.165) is 6.04 Å². The molecule has 1 fully saturated rings. The zero-order chi connectivity index (χ0) is 15.6. The number of aryl methyl sites for hydroxylation is 1. The molecule has 22 heavy (non-hydrogen) atoms. The van der Waals surface area contributed by atoms with Crippen molar-refractivity contribution in [1.82, 2.24) is 5.32 Å². The predicted molar refractivity (Wildman–Crippen MR) is 97.6 cm³/mol. The van der Waals surface area contributed by atoms with E-state index in [1.807, 2.05) is 0 Å². The van der Waals surface area contributed by atoms with Crippen molar-refractivity contribution in [3.05, 3.63) is 35.4 Å². The fourth-order valence-corrected chi connectivity index (χ4v) is 3.64. The van der Waals surface area contributed by atoms with Gasteiger partial charge >= 0.3 is 0 Å². The molecule has 2 atom stereocenters. The Morgan fingerprint density at radius 3 is 2.45 bits per heavy atom. The molecule has 1 heteroatoms. The summed E-state index contributed by atoms with van der Waals surface area (Å²) in [5.41, 5.74) is 3.03. The quantitative estimate of drug-likeness (QED) is 0.536. The van der Waals surface area contributed by atoms with Crippen molar-refractivity contribution in [3.8, 4) is 0 Å². The number of hydrogen-bond donors (Lipinski definition) is 1. The largest absolute Gasteiger partial charge is 0.314 e. The summed E-state index contributed by atoms with van der Waals surface area (Å²) in [4.78, 5) is 0. The molecule has 0 saturated carbocycles. The van der Waals surface area contributed by atoms with Gasteiger partial charge in [0.25, 0.3) is 0 Å². The third kappa shape index (κ3) is 6.12. The zero-order valence-corrected chi connectivity index (χ0v) is 14.7. The summed E-state index contributed by atoms with van der Waals surface area (Å²) in [7, 11) is 0. The van der Waals surface area contributed by atoms with Crippen LogP contribution >= 0.6 is 0 Å². The van der Waals surface area contributed by atoms with Crippen molar-refractivity contribution >= 4 is 0 Å². The van der Waals surface area contributed by atoms with E-state index in [1.54, 1.807) is 0 Å². The summed E-state index contributed by atoms with van der Waals surface area (Å²) in [6, 6.07) is 10.2. The fraction of sp³-hybridized carbons (Fsp3) is 0.714. The molecule has 0 amide bonds. The summed E-state index contributed by atoms with van der Waals surface area (Å²) >= 11 is 0. The van der Waals surface area contributed by atoms with Gasteiger partial charge in [0.2, 0.25) is 0 Å². The minimum atomic E-state index is 0.679. The molecule has 124 valence electrons. The van der Waals surface area contributed by atoms with Crippen molar-refractivity contribution in [1.29, 1.82) is 0 Å². The molecule has 1 aromatic rings. The van der Waals surface area contributed by atoms with Crippen molar-refractivity contribution in [2.24, 2.45) is 0 Å². The first-order chi connectivity index (χ1) is 10.8. The Hall–Kier alpha value is -0.820. The first kappa shape index (κ1) is 17.5. The molecule has 1 aliphatic rings. The lowest BCUT2D eigenvalue weighted by Gasteiger charge is -2.17. The van der Waals surface area contributed by atoms with E-state index in [9.17, 15) is 0 Å². The van der Waals surface area contributed by atoms with E-state index < -0.39 is 0 Å². The van der Waals surface area contributed by atoms with Gasteiger partial charge in [-0.05, 0) is 55.7 Å². The van der Waals surface area contributed by atoms with Crippen LogP contribution in [0.5, 0.6) is 0 Å². The van der Waals surface area contributed by atoms with E-state index in [1.165, 1.54) is 81.9 Å². The Bertz CT molecular complexity index is 389. The summed E-state index contributed by atoms with van der Waals surface area (Å²) in [6.07, 6.45) is 13.6. The van der Waals surface area contributed by atoms with E-state index in [4.69, 9.17) is 0 Å². The van der Waals surface area contributed by atoms with Crippen LogP contribution in [0, 0.1) is 0 Å². The molecule has 2 rings (SSSR count). The van der Waals surface area contributed by atoms with Crippen molar-refractivity contribution in [3.63, 3.8) is 0 Å². The second-order valence-electron chi connectivity index (χ2n) is 7.19. The van der Waals surface area contributed by atoms with Crippen LogP contribution in [0.1, 0.15) is 88.7 Å². The lowest BCUT2D eigenvalue weighted by atomic mass is 9.92. The maximum Gasteiger partial charge on any atom is 0.00732 e. The van der Waals surface area contributed by atoms with Crippen LogP contribution in [-0.4, -0.2) is 12.6 Å². The van der Waals surface area contributed by atoms with E-state index in [2.05, 4.69) is 43.4 Å². The van der Waals surface area contributed by atoms with Crippen LogP contribution < -0.4 is 5.32 Å². The Balaban J connectivity index is 1.68. The molecular formula is C21H35N. The Kier molecular flexibility index (Phi) is 8.01. The highest BCUT2D eigenvalue weighted by Crippen LogP contribution is 2.24. The lowest BCUT2D eigenvalue weighted by Crippen LogP contribution is -2.23. The van der Waals surface area contributed by atoms with Crippen LogP contribution in [0.25, 0.3) is 0 Å². The van der Waals surface area contributed by atoms with Gasteiger partial charge in [0.05, 0.1) is 0 Å². The van der Waals surface area contributed by atoms with E-state index >= 15 is 0 Å². The molecular weight excluding hydrogens is 266 g/mol. The number of nitrogens with one attached hydrogen (secondary N) is 1. The van der Waals surface area contributed by atoms with Gasteiger partial charge in [0.15, 0.2) is 0 Å². The van der Waals surface area contributed by atoms with Gasteiger partial charge in [0.1, 0.15) is 0 Å². The predicted octanol–water partition coefficient (Wildman–Crippen LogP) is 5.84. The third-order valence-corrected chi connectivity index (χ3v) is 5.17. The highest BCUT2D eigenvalue weighted by molar-refractivity contribution is 5.25. The smallest absolute Gasteiger partial charge is 0.00732 e. The molecule has 1 N–H and O–H groups in total. The normalized spacial score (nSPS) is 19.5. The third-order valence-electron chi connectivity index (χ3n) is 5.17. The number of unbranched alkanes of at least 4 members (excludes halogenated alkanes) is 5. The molecule has 1 unspecified atom stereocenters. The minimum absolute atomic E-state index is 0.679. The van der Waals surface area contributed by atoms with Crippen LogP contribution in [-0.2, 0) is 6.42 Å². The maximum atomic E-state index is 3.62. The Morgan fingerprint density at radius 2 is 1.77 bits per heavy atom. The second-order valence-corrected chi connectivity index (χ2v) is 7.19. The summed E-state index contributed by atoms with van der Waals surface area (Å²) in [5.74, 6) is 0.679. The molecule has 1 aliphatic heterocycles. The van der Waals surface area contributed by atoms with Crippen LogP contribution in [0.4, 0.5) is 0 Å². The van der Waals surface area contributed by atoms with Gasteiger partial charge in [-0.25, -0.2) is 0 Å². The minimum Gasteiger partial charge on any atom is -0.314 e. The van der Waals surface area contributed by atoms with Gasteiger partial charge in [0, 0.05) is 6.04 Å². The molecule has 0 spiro atoms. The molecule has 1 nitrogen and oxygen atoms in total. The monoisotopic (exact) mass is 301 g/mol. The first-order valence-corrected chi connectivity index (χ1v) is 9.62. The average Bonchev–Trinajstić information content (AvgIpc) is 3.04. The summed E-state index contributed by atoms with van der Waals surface area (Å²) < 4.78 is 0. The summed E-state index contributed by atoms with van der Waals surface area (Å²) in [5, 5.41) is 3.62. The molecule has 0 bridgehead atoms. The summed E-state index contributed by atoms with van der Waals surface area (Å²) in [6.45, 7) is 5.88. The zero-order valence-electron chi connectivity index (χ0n) is 14.7. The van der Waals surface area contributed by atoms with Gasteiger partial charge in [-0.1, -0.05) is 70.2 Å². The van der Waals surface area contributed by atoms with Gasteiger partial charge in [-0.15, -0.1) is 0 Å². The van der Waals surface area contributed by atoms with Gasteiger partial charge in [-0.3, -0.25) is 0 Å². The first-order valence-electron chi connectivity index (χ1n) is 9.62. The molecule has 0 radical (unpaired) electrons. The van der Waals surface area contributed by atoms with Crippen molar-refractivity contribution in [2.75, 3.05) is 6.54 Å². The number of rotatable bonds is 10.